The van der Waals surface area contributed by atoms with E-state index in [4.69, 9.17) is 0 Å². The number of hydrogen-bond donors (Lipinski definition) is 2. The van der Waals surface area contributed by atoms with E-state index >= 15 is 0 Å². The number of anilines is 2. The van der Waals surface area contributed by atoms with Gasteiger partial charge in [0.15, 0.2) is 6.54 Å². The number of aryl methyl sites for hydroxylation is 2. The smallest absolute Gasteiger partial charge is 0.213 e. The number of allylic oxidation sites excluding steroid dienone is 1. The molecule has 2 fully saturated rings. The highest BCUT2D eigenvalue weighted by Gasteiger charge is 2.22. The van der Waals surface area contributed by atoms with Gasteiger partial charge in [-0.05, 0) is 84.8 Å². The van der Waals surface area contributed by atoms with Crippen molar-refractivity contribution in [2.45, 2.75) is 18.4 Å². The second-order valence-electron chi connectivity index (χ2n) is 17.1. The lowest BCUT2D eigenvalue weighted by atomic mass is 9.95. The van der Waals surface area contributed by atoms with Crippen LogP contribution < -0.4 is 46.5 Å². The van der Waals surface area contributed by atoms with Crippen LogP contribution >= 0.6 is 0 Å². The van der Waals surface area contributed by atoms with E-state index in [0.717, 1.165) is 64.5 Å². The van der Waals surface area contributed by atoms with Crippen molar-refractivity contribution < 1.29 is 39.1 Å². The van der Waals surface area contributed by atoms with Crippen molar-refractivity contribution in [2.24, 2.45) is 7.05 Å². The van der Waals surface area contributed by atoms with E-state index in [0.29, 0.717) is 0 Å². The second kappa shape index (κ2) is 21.7. The monoisotopic (exact) mass is 984 g/mol. The van der Waals surface area contributed by atoms with Crippen molar-refractivity contribution in [1.29, 1.82) is 0 Å². The third kappa shape index (κ3) is 10.3. The van der Waals surface area contributed by atoms with E-state index in [2.05, 4.69) is 189 Å². The summed E-state index contributed by atoms with van der Waals surface area (Å²) in [4.78, 5) is 4.74. The van der Waals surface area contributed by atoms with Crippen LogP contribution in [0, 0.1) is 6.92 Å². The summed E-state index contributed by atoms with van der Waals surface area (Å²) >= 11 is 0. The molecule has 9 nitrogen and oxygen atoms in total. The van der Waals surface area contributed by atoms with Crippen LogP contribution in [0.3, 0.4) is 0 Å². The molecule has 0 atom stereocenters. The minimum atomic E-state index is -4.27. The van der Waals surface area contributed by atoms with Gasteiger partial charge in [-0.3, -0.25) is 0 Å². The summed E-state index contributed by atoms with van der Waals surface area (Å²) < 4.78 is 35.8. The minimum Gasteiger partial charge on any atom is -1.00 e. The second-order valence-corrected chi connectivity index (χ2v) is 18.5. The number of benzene rings is 7. The lowest BCUT2D eigenvalue weighted by molar-refractivity contribution is -0.634. The highest BCUT2D eigenvalue weighted by molar-refractivity contribution is 7.85. The van der Waals surface area contributed by atoms with Gasteiger partial charge in [-0.1, -0.05) is 97.1 Å². The summed E-state index contributed by atoms with van der Waals surface area (Å²) in [6.07, 6.45) is 1.97. The summed E-state index contributed by atoms with van der Waals surface area (Å²) in [6.45, 7) is 15.1. The molecule has 2 aliphatic rings. The summed E-state index contributed by atoms with van der Waals surface area (Å²) in [6, 6.07) is 58.8. The summed E-state index contributed by atoms with van der Waals surface area (Å²) in [5.74, 6) is 0. The fraction of sp³-hybridized carbons (Fsp3) is 0.193. The standard InChI is InChI=1S/C26H26N3.C24H24N3.C7H8O3S.BrH/c1-2-17-29-24-9-5-3-7-22(24)26(23-8-4-6-10-25(23)29)20-11-13-21(14-12-20)28-18-15-27-16-19-28;1-26-22-8-4-2-6-20(22)24(21-7-3-5-9-23(21)26)18-10-12-19(13-11-18)27-16-14-25-15-17-27;1-6-2-4-7(5-3-6)11(8,9)10;/h2-14,27H,1,15-19H2;2-13,25H,14-17H2,1H3;2-5H,1H3,(H,8,9,10);1H/q2*+1;;/p-2. The van der Waals surface area contributed by atoms with Crippen LogP contribution in [0.15, 0.2) is 187 Å². The molecule has 0 aliphatic carbocycles. The zero-order valence-electron chi connectivity index (χ0n) is 38.6. The summed E-state index contributed by atoms with van der Waals surface area (Å²) in [5.41, 5.74) is 13.7. The molecule has 7 aromatic carbocycles. The zero-order valence-corrected chi connectivity index (χ0v) is 41.0. The number of rotatable bonds is 7. The average molecular weight is 986 g/mol. The predicted molar refractivity (Wildman–Crippen MR) is 275 cm³/mol. The molecule has 2 aromatic heterocycles. The molecular weight excluding hydrogens is 929 g/mol. The first-order chi connectivity index (χ1) is 32.7. The Balaban J connectivity index is 0.000000150. The number of pyridine rings is 2. The van der Waals surface area contributed by atoms with Crippen LogP contribution in [0.1, 0.15) is 5.56 Å². The zero-order chi connectivity index (χ0) is 46.3. The van der Waals surface area contributed by atoms with Crippen LogP contribution in [0.5, 0.6) is 0 Å². The number of para-hydroxylation sites is 4. The van der Waals surface area contributed by atoms with E-state index in [1.54, 1.807) is 12.1 Å². The molecule has 11 rings (SSSR count). The maximum Gasteiger partial charge on any atom is 0.213 e. The van der Waals surface area contributed by atoms with E-state index in [1.165, 1.54) is 89.4 Å². The SMILES string of the molecule is C=CC[n+]1c2ccccc2c(-c2ccc(N3CCNCC3)cc2)c2ccccc21.C[n+]1c2ccccc2c(-c2ccc(N3CCNCC3)cc2)c2ccccc21.Cc1ccc(S(=O)(=O)[O-])cc1.[Br-]. The topological polar surface area (TPSA) is 95.5 Å². The maximum atomic E-state index is 10.4. The Labute approximate surface area is 410 Å². The van der Waals surface area contributed by atoms with Crippen molar-refractivity contribution in [2.75, 3.05) is 62.2 Å². The Bertz CT molecular complexity index is 3190. The highest BCUT2D eigenvalue weighted by Crippen LogP contribution is 2.36. The number of nitrogens with one attached hydrogen (secondary N) is 2. The van der Waals surface area contributed by atoms with Gasteiger partial charge in [-0.25, -0.2) is 8.42 Å². The Morgan fingerprint density at radius 3 is 1.26 bits per heavy atom. The number of hydrogen-bond acceptors (Lipinski definition) is 7. The molecular formula is C57H57BrN6O3S. The van der Waals surface area contributed by atoms with Crippen LogP contribution in [-0.4, -0.2) is 65.3 Å². The van der Waals surface area contributed by atoms with Gasteiger partial charge in [0.05, 0.1) is 26.4 Å². The molecule has 11 heteroatoms. The van der Waals surface area contributed by atoms with Gasteiger partial charge in [-0.15, -0.1) is 0 Å². The predicted octanol–water partition coefficient (Wildman–Crippen LogP) is 6.34. The highest BCUT2D eigenvalue weighted by atomic mass is 79.9. The van der Waals surface area contributed by atoms with Crippen molar-refractivity contribution in [3.63, 3.8) is 0 Å². The summed E-state index contributed by atoms with van der Waals surface area (Å²) in [5, 5.41) is 12.0. The molecule has 0 saturated carbocycles. The quantitative estimate of drug-likeness (QED) is 0.0834. The van der Waals surface area contributed by atoms with Crippen molar-refractivity contribution >= 4 is 65.1 Å². The fourth-order valence-corrected chi connectivity index (χ4v) is 9.99. The van der Waals surface area contributed by atoms with Gasteiger partial charge >= 0.3 is 0 Å². The van der Waals surface area contributed by atoms with Gasteiger partial charge in [0.25, 0.3) is 0 Å². The lowest BCUT2D eigenvalue weighted by Gasteiger charge is -2.29. The van der Waals surface area contributed by atoms with Crippen LogP contribution in [0.4, 0.5) is 11.4 Å². The number of fused-ring (bicyclic) bond motifs is 4. The Morgan fingerprint density at radius 1 is 0.544 bits per heavy atom. The first-order valence-corrected chi connectivity index (χ1v) is 24.5. The van der Waals surface area contributed by atoms with Gasteiger partial charge < -0.3 is 42.0 Å². The number of piperazine rings is 2. The minimum absolute atomic E-state index is 0. The van der Waals surface area contributed by atoms with E-state index in [9.17, 15) is 13.0 Å². The van der Waals surface area contributed by atoms with Crippen molar-refractivity contribution in [3.8, 4) is 22.3 Å². The molecule has 346 valence electrons. The van der Waals surface area contributed by atoms with Gasteiger partial charge in [0.1, 0.15) is 17.2 Å². The Kier molecular flexibility index (Phi) is 15.3. The molecule has 2 aliphatic heterocycles. The molecule has 0 radical (unpaired) electrons. The van der Waals surface area contributed by atoms with Crippen molar-refractivity contribution in [3.05, 3.63) is 188 Å². The molecule has 0 spiro atoms. The molecule has 68 heavy (non-hydrogen) atoms. The first kappa shape index (κ1) is 48.0. The van der Waals surface area contributed by atoms with E-state index in [1.807, 2.05) is 13.0 Å². The third-order valence-electron chi connectivity index (χ3n) is 12.9. The van der Waals surface area contributed by atoms with Crippen LogP contribution in [0.25, 0.3) is 65.9 Å². The van der Waals surface area contributed by atoms with Crippen molar-refractivity contribution in [1.82, 2.24) is 10.6 Å². The maximum absolute atomic E-state index is 10.4. The number of nitrogens with zero attached hydrogens (tertiary/aromatic N) is 4. The number of aromatic nitrogens is 2. The lowest BCUT2D eigenvalue weighted by Crippen LogP contribution is -3.00. The molecule has 0 unspecified atom stereocenters. The van der Waals surface area contributed by atoms with Crippen LogP contribution in [-0.2, 0) is 23.7 Å². The molecule has 0 bridgehead atoms. The van der Waals surface area contributed by atoms with Gasteiger partial charge in [-0.2, -0.15) is 9.13 Å². The largest absolute Gasteiger partial charge is 1.00 e. The van der Waals surface area contributed by atoms with E-state index in [-0.39, 0.29) is 21.9 Å². The van der Waals surface area contributed by atoms with Gasteiger partial charge in [0.2, 0.25) is 22.1 Å². The fourth-order valence-electron chi connectivity index (χ4n) is 9.52. The molecule has 2 saturated heterocycles. The Hall–Kier alpha value is -6.47. The average Bonchev–Trinajstić information content (AvgIpc) is 3.37. The van der Waals surface area contributed by atoms with Crippen LogP contribution in [0.2, 0.25) is 0 Å². The van der Waals surface area contributed by atoms with E-state index < -0.39 is 10.1 Å². The molecule has 2 N–H and O–H groups in total. The normalized spacial score (nSPS) is 13.9. The summed E-state index contributed by atoms with van der Waals surface area (Å²) in [7, 11) is -2.11. The molecule has 0 amide bonds. The van der Waals surface area contributed by atoms with Gasteiger partial charge in [0, 0.05) is 99.1 Å². The third-order valence-corrected chi connectivity index (χ3v) is 13.7. The number of halogens is 1. The Morgan fingerprint density at radius 2 is 0.897 bits per heavy atom. The first-order valence-electron chi connectivity index (χ1n) is 23.1. The molecule has 9 aromatic rings. The molecule has 4 heterocycles.